The fourth-order valence-corrected chi connectivity index (χ4v) is 4.38. The molecule has 1 aromatic rings. The zero-order valence-corrected chi connectivity index (χ0v) is 16.9. The van der Waals surface area contributed by atoms with Gasteiger partial charge in [0, 0.05) is 10.0 Å². The molecule has 1 N–H and O–H groups in total. The van der Waals surface area contributed by atoms with Crippen LogP contribution in [0.25, 0.3) is 0 Å². The molecule has 4 nitrogen and oxygen atoms in total. The number of benzene rings is 1. The third-order valence-corrected chi connectivity index (χ3v) is 5.69. The Labute approximate surface area is 158 Å². The summed E-state index contributed by atoms with van der Waals surface area (Å²) in [6.07, 6.45) is 5.37. The smallest absolute Gasteiger partial charge is 0.332 e. The average Bonchev–Trinajstić information content (AvgIpc) is 2.50. The van der Waals surface area contributed by atoms with E-state index in [0.717, 1.165) is 29.4 Å². The van der Waals surface area contributed by atoms with E-state index < -0.39 is 11.2 Å². The molecule has 0 amide bonds. The van der Waals surface area contributed by atoms with E-state index in [1.165, 1.54) is 19.3 Å². The monoisotopic (exact) mass is 409 g/mol. The van der Waals surface area contributed by atoms with Crippen LogP contribution in [0, 0.1) is 0 Å². The summed E-state index contributed by atoms with van der Waals surface area (Å²) in [6.45, 7) is 6.52. The van der Waals surface area contributed by atoms with Gasteiger partial charge in [0.1, 0.15) is 12.2 Å². The molecule has 138 valence electrons. The number of ether oxygens (including phenoxy) is 2. The molecule has 1 spiro atoms. The molecule has 1 aliphatic carbocycles. The van der Waals surface area contributed by atoms with E-state index in [1.807, 2.05) is 32.9 Å². The number of carbonyl (C=O) groups excluding carboxylic acids is 1. The van der Waals surface area contributed by atoms with Gasteiger partial charge >= 0.3 is 5.97 Å². The standard InChI is InChI=1S/C20H28BrNO3/c1-18(2,3)25-17(23)13-24-20(15-6-4-7-16(21)12-15)10-11-22-19(14-20)8-5-9-19/h4,6-7,12,22H,5,8-11,13-14H2,1-3H3. The van der Waals surface area contributed by atoms with Gasteiger partial charge in [0.15, 0.2) is 0 Å². The Bertz CT molecular complexity index is 636. The van der Waals surface area contributed by atoms with Crippen molar-refractivity contribution in [2.45, 2.75) is 69.6 Å². The van der Waals surface area contributed by atoms with Crippen molar-refractivity contribution in [3.63, 3.8) is 0 Å². The maximum Gasteiger partial charge on any atom is 0.332 e. The molecule has 1 atom stereocenters. The van der Waals surface area contributed by atoms with Crippen LogP contribution in [0.4, 0.5) is 0 Å². The summed E-state index contributed by atoms with van der Waals surface area (Å²) < 4.78 is 12.8. The SMILES string of the molecule is CC(C)(C)OC(=O)COC1(c2cccc(Br)c2)CCNC2(CCC2)C1. The molecule has 0 bridgehead atoms. The van der Waals surface area contributed by atoms with Crippen molar-refractivity contribution in [3.8, 4) is 0 Å². The van der Waals surface area contributed by atoms with Crippen LogP contribution >= 0.6 is 15.9 Å². The van der Waals surface area contributed by atoms with Gasteiger partial charge in [-0.2, -0.15) is 0 Å². The molecule has 2 aliphatic rings. The van der Waals surface area contributed by atoms with Crippen LogP contribution in [0.3, 0.4) is 0 Å². The Hall–Kier alpha value is -0.910. The first-order valence-corrected chi connectivity index (χ1v) is 9.88. The molecule has 25 heavy (non-hydrogen) atoms. The number of hydrogen-bond acceptors (Lipinski definition) is 4. The van der Waals surface area contributed by atoms with Crippen LogP contribution < -0.4 is 5.32 Å². The summed E-state index contributed by atoms with van der Waals surface area (Å²) >= 11 is 3.57. The molecule has 1 heterocycles. The van der Waals surface area contributed by atoms with E-state index in [1.54, 1.807) is 0 Å². The summed E-state index contributed by atoms with van der Waals surface area (Å²) in [5, 5.41) is 3.69. The van der Waals surface area contributed by atoms with Crippen molar-refractivity contribution in [2.75, 3.05) is 13.2 Å². The molecule has 1 saturated carbocycles. The van der Waals surface area contributed by atoms with Gasteiger partial charge in [-0.15, -0.1) is 0 Å². The zero-order valence-electron chi connectivity index (χ0n) is 15.4. The maximum atomic E-state index is 12.2. The highest BCUT2D eigenvalue weighted by molar-refractivity contribution is 9.10. The molecular formula is C20H28BrNO3. The van der Waals surface area contributed by atoms with Crippen LogP contribution in [0.5, 0.6) is 0 Å². The van der Waals surface area contributed by atoms with Crippen LogP contribution in [0.15, 0.2) is 28.7 Å². The average molecular weight is 410 g/mol. The number of nitrogens with one attached hydrogen (secondary N) is 1. The maximum absolute atomic E-state index is 12.2. The Morgan fingerprint density at radius 3 is 2.64 bits per heavy atom. The van der Waals surface area contributed by atoms with Gasteiger partial charge in [-0.3, -0.25) is 0 Å². The van der Waals surface area contributed by atoms with Crippen molar-refractivity contribution in [1.29, 1.82) is 0 Å². The van der Waals surface area contributed by atoms with Crippen LogP contribution in [0.2, 0.25) is 0 Å². The molecule has 1 aliphatic heterocycles. The molecule has 1 aromatic carbocycles. The second kappa shape index (κ2) is 7.01. The summed E-state index contributed by atoms with van der Waals surface area (Å²) in [5.41, 5.74) is 0.367. The van der Waals surface area contributed by atoms with Crippen LogP contribution in [0.1, 0.15) is 58.4 Å². The zero-order chi connectivity index (χ0) is 18.1. The van der Waals surface area contributed by atoms with Gasteiger partial charge in [0.05, 0.1) is 5.60 Å². The first-order chi connectivity index (χ1) is 11.7. The molecule has 1 saturated heterocycles. The van der Waals surface area contributed by atoms with E-state index in [4.69, 9.17) is 9.47 Å². The number of carbonyl (C=O) groups is 1. The lowest BCUT2D eigenvalue weighted by atomic mass is 9.65. The molecule has 0 aromatic heterocycles. The van der Waals surface area contributed by atoms with Crippen LogP contribution in [-0.2, 0) is 19.9 Å². The van der Waals surface area contributed by atoms with Gasteiger partial charge < -0.3 is 14.8 Å². The van der Waals surface area contributed by atoms with E-state index in [-0.39, 0.29) is 18.1 Å². The summed E-state index contributed by atoms with van der Waals surface area (Å²) in [7, 11) is 0. The minimum atomic E-state index is -0.493. The number of esters is 1. The van der Waals surface area contributed by atoms with Gasteiger partial charge in [-0.1, -0.05) is 28.1 Å². The third kappa shape index (κ3) is 4.44. The molecule has 0 radical (unpaired) electrons. The van der Waals surface area contributed by atoms with Crippen LogP contribution in [-0.4, -0.2) is 30.3 Å². The topological polar surface area (TPSA) is 47.6 Å². The predicted octanol–water partition coefficient (Wildman–Crippen LogP) is 4.31. The number of piperidine rings is 1. The molecule has 1 unspecified atom stereocenters. The third-order valence-electron chi connectivity index (χ3n) is 5.20. The molecule has 5 heteroatoms. The Morgan fingerprint density at radius 2 is 2.04 bits per heavy atom. The molecule has 3 rings (SSSR count). The lowest BCUT2D eigenvalue weighted by molar-refractivity contribution is -0.174. The summed E-state index contributed by atoms with van der Waals surface area (Å²) in [5.74, 6) is -0.303. The highest BCUT2D eigenvalue weighted by Crippen LogP contribution is 2.48. The Kier molecular flexibility index (Phi) is 5.29. The highest BCUT2D eigenvalue weighted by atomic mass is 79.9. The summed E-state index contributed by atoms with van der Waals surface area (Å²) in [4.78, 5) is 12.2. The second-order valence-corrected chi connectivity index (χ2v) is 9.28. The Morgan fingerprint density at radius 1 is 1.28 bits per heavy atom. The normalized spacial score (nSPS) is 25.4. The minimum absolute atomic E-state index is 0.0140. The lowest BCUT2D eigenvalue weighted by Crippen LogP contribution is -2.60. The van der Waals surface area contributed by atoms with Crippen molar-refractivity contribution < 1.29 is 14.3 Å². The predicted molar refractivity (Wildman–Crippen MR) is 101 cm³/mol. The highest BCUT2D eigenvalue weighted by Gasteiger charge is 2.49. The number of halogens is 1. The Balaban J connectivity index is 1.81. The van der Waals surface area contributed by atoms with E-state index in [9.17, 15) is 4.79 Å². The van der Waals surface area contributed by atoms with E-state index in [0.29, 0.717) is 0 Å². The molecular weight excluding hydrogens is 382 g/mol. The van der Waals surface area contributed by atoms with Crippen molar-refractivity contribution in [3.05, 3.63) is 34.3 Å². The fourth-order valence-electron chi connectivity index (χ4n) is 3.98. The van der Waals surface area contributed by atoms with E-state index in [2.05, 4.69) is 33.4 Å². The largest absolute Gasteiger partial charge is 0.458 e. The van der Waals surface area contributed by atoms with Gasteiger partial charge in [0.25, 0.3) is 0 Å². The first kappa shape index (κ1) is 18.9. The first-order valence-electron chi connectivity index (χ1n) is 9.09. The fraction of sp³-hybridized carbons (Fsp3) is 0.650. The number of hydrogen-bond donors (Lipinski definition) is 1. The van der Waals surface area contributed by atoms with Gasteiger partial charge in [-0.05, 0) is 77.1 Å². The number of rotatable bonds is 4. The minimum Gasteiger partial charge on any atom is -0.458 e. The van der Waals surface area contributed by atoms with Crippen molar-refractivity contribution in [2.24, 2.45) is 0 Å². The summed E-state index contributed by atoms with van der Waals surface area (Å²) in [6, 6.07) is 8.28. The van der Waals surface area contributed by atoms with Crippen molar-refractivity contribution in [1.82, 2.24) is 5.32 Å². The van der Waals surface area contributed by atoms with Gasteiger partial charge in [-0.25, -0.2) is 4.79 Å². The quantitative estimate of drug-likeness (QED) is 0.752. The van der Waals surface area contributed by atoms with E-state index >= 15 is 0 Å². The van der Waals surface area contributed by atoms with Gasteiger partial charge in [0.2, 0.25) is 0 Å². The second-order valence-electron chi connectivity index (χ2n) is 8.37. The van der Waals surface area contributed by atoms with Crippen molar-refractivity contribution >= 4 is 21.9 Å². The molecule has 2 fully saturated rings. The lowest BCUT2D eigenvalue weighted by Gasteiger charge is -2.53.